The number of nitrogens with zero attached hydrogens (tertiary/aromatic N) is 1. The predicted octanol–water partition coefficient (Wildman–Crippen LogP) is 2.83. The summed E-state index contributed by atoms with van der Waals surface area (Å²) in [6, 6.07) is 20.5. The molecule has 3 aromatic rings. The highest BCUT2D eigenvalue weighted by Crippen LogP contribution is 2.30. The molecule has 0 bridgehead atoms. The number of amides is 3. The van der Waals surface area contributed by atoms with Gasteiger partial charge in [-0.1, -0.05) is 42.5 Å². The number of rotatable bonds is 6. The largest absolute Gasteiger partial charge is 0.366 e. The van der Waals surface area contributed by atoms with Gasteiger partial charge in [0.25, 0.3) is 0 Å². The number of anilines is 1. The van der Waals surface area contributed by atoms with Crippen molar-refractivity contribution in [3.8, 4) is 0 Å². The predicted molar refractivity (Wildman–Crippen MR) is 124 cm³/mol. The summed E-state index contributed by atoms with van der Waals surface area (Å²) >= 11 is 0. The molecule has 0 saturated carbocycles. The molecule has 1 aliphatic heterocycles. The van der Waals surface area contributed by atoms with E-state index in [4.69, 9.17) is 5.73 Å². The first-order chi connectivity index (χ1) is 15.5. The minimum atomic E-state index is -0.755. The van der Waals surface area contributed by atoms with Crippen molar-refractivity contribution in [2.75, 3.05) is 25.0 Å². The number of nitrogens with one attached hydrogen (secondary N) is 2. The van der Waals surface area contributed by atoms with Crippen molar-refractivity contribution in [1.29, 1.82) is 0 Å². The molecule has 1 saturated heterocycles. The minimum absolute atomic E-state index is 0.0183. The van der Waals surface area contributed by atoms with E-state index in [-0.39, 0.29) is 6.04 Å². The summed E-state index contributed by atoms with van der Waals surface area (Å²) in [5.41, 5.74) is 7.11. The standard InChI is InChI=1S/C25H26N4O3/c26-23(30)18-10-12-19(13-11-18)28-25(32)24(31)27-16-22(29-14-3-4-15-29)21-9-5-7-17-6-1-2-8-20(17)21/h1-2,5-13,22H,3-4,14-16H2,(H2,26,30)(H,27,31)(H,28,32)/t22-/m0/s1. The van der Waals surface area contributed by atoms with Gasteiger partial charge in [-0.2, -0.15) is 0 Å². The van der Waals surface area contributed by atoms with Gasteiger partial charge in [-0.25, -0.2) is 0 Å². The Balaban J connectivity index is 1.46. The molecule has 0 radical (unpaired) electrons. The van der Waals surface area contributed by atoms with E-state index in [0.29, 0.717) is 17.8 Å². The van der Waals surface area contributed by atoms with Crippen LogP contribution in [-0.2, 0) is 9.59 Å². The highest BCUT2D eigenvalue weighted by molar-refractivity contribution is 6.39. The van der Waals surface area contributed by atoms with Crippen molar-refractivity contribution < 1.29 is 14.4 Å². The molecule has 1 aliphatic rings. The van der Waals surface area contributed by atoms with Gasteiger partial charge >= 0.3 is 11.8 Å². The third kappa shape index (κ3) is 4.78. The van der Waals surface area contributed by atoms with Gasteiger partial charge < -0.3 is 16.4 Å². The number of nitrogens with two attached hydrogens (primary N) is 1. The SMILES string of the molecule is NC(=O)c1ccc(NC(=O)C(=O)NC[C@@H](c2cccc3ccccc23)N2CCCC2)cc1. The van der Waals surface area contributed by atoms with Crippen molar-refractivity contribution in [3.63, 3.8) is 0 Å². The second-order valence-corrected chi connectivity index (χ2v) is 7.93. The summed E-state index contributed by atoms with van der Waals surface area (Å²) in [6.45, 7) is 2.26. The van der Waals surface area contributed by atoms with Gasteiger partial charge in [0, 0.05) is 17.8 Å². The third-order valence-corrected chi connectivity index (χ3v) is 5.85. The lowest BCUT2D eigenvalue weighted by Crippen LogP contribution is -2.41. The average Bonchev–Trinajstić information content (AvgIpc) is 3.34. The molecule has 7 nitrogen and oxygen atoms in total. The van der Waals surface area contributed by atoms with Crippen LogP contribution in [0.2, 0.25) is 0 Å². The number of primary amides is 1. The fraction of sp³-hybridized carbons (Fsp3) is 0.240. The molecule has 164 valence electrons. The second kappa shape index (κ2) is 9.62. The molecule has 4 N–H and O–H groups in total. The maximum atomic E-state index is 12.5. The zero-order valence-corrected chi connectivity index (χ0v) is 17.7. The summed E-state index contributed by atoms with van der Waals surface area (Å²) in [6.07, 6.45) is 2.24. The Morgan fingerprint density at radius 1 is 0.875 bits per heavy atom. The summed E-state index contributed by atoms with van der Waals surface area (Å²) < 4.78 is 0. The second-order valence-electron chi connectivity index (χ2n) is 7.93. The number of hydrogen-bond donors (Lipinski definition) is 3. The van der Waals surface area contributed by atoms with Gasteiger partial charge in [0.1, 0.15) is 0 Å². The minimum Gasteiger partial charge on any atom is -0.366 e. The zero-order valence-electron chi connectivity index (χ0n) is 17.7. The van der Waals surface area contributed by atoms with Crippen LogP contribution in [0.4, 0.5) is 5.69 Å². The molecule has 3 amide bonds. The topological polar surface area (TPSA) is 105 Å². The van der Waals surface area contributed by atoms with E-state index in [2.05, 4.69) is 39.8 Å². The van der Waals surface area contributed by atoms with Crippen LogP contribution in [0.3, 0.4) is 0 Å². The quantitative estimate of drug-likeness (QED) is 0.523. The van der Waals surface area contributed by atoms with E-state index in [9.17, 15) is 14.4 Å². The van der Waals surface area contributed by atoms with Crippen LogP contribution >= 0.6 is 0 Å². The van der Waals surface area contributed by atoms with Crippen molar-refractivity contribution in [2.45, 2.75) is 18.9 Å². The lowest BCUT2D eigenvalue weighted by Gasteiger charge is -2.29. The Labute approximate surface area is 186 Å². The molecule has 0 aromatic heterocycles. The van der Waals surface area contributed by atoms with Crippen molar-refractivity contribution in [2.24, 2.45) is 5.73 Å². The van der Waals surface area contributed by atoms with Crippen LogP contribution in [0.5, 0.6) is 0 Å². The summed E-state index contributed by atoms with van der Waals surface area (Å²) in [5.74, 6) is -2.01. The van der Waals surface area contributed by atoms with Gasteiger partial charge in [0.05, 0.1) is 6.04 Å². The Morgan fingerprint density at radius 2 is 1.56 bits per heavy atom. The molecular formula is C25H26N4O3. The van der Waals surface area contributed by atoms with Gasteiger partial charge in [0.2, 0.25) is 5.91 Å². The Bertz CT molecular complexity index is 1130. The number of likely N-dealkylation sites (tertiary alicyclic amines) is 1. The highest BCUT2D eigenvalue weighted by Gasteiger charge is 2.26. The molecule has 1 heterocycles. The smallest absolute Gasteiger partial charge is 0.313 e. The van der Waals surface area contributed by atoms with Crippen LogP contribution < -0.4 is 16.4 Å². The first-order valence-electron chi connectivity index (χ1n) is 10.7. The average molecular weight is 431 g/mol. The fourth-order valence-corrected chi connectivity index (χ4v) is 4.21. The maximum Gasteiger partial charge on any atom is 0.313 e. The monoisotopic (exact) mass is 430 g/mol. The summed E-state index contributed by atoms with van der Waals surface area (Å²) in [4.78, 5) is 38.4. The lowest BCUT2D eigenvalue weighted by atomic mass is 9.97. The normalized spacial score (nSPS) is 14.8. The highest BCUT2D eigenvalue weighted by atomic mass is 16.2. The fourth-order valence-electron chi connectivity index (χ4n) is 4.21. The number of benzene rings is 3. The van der Waals surface area contributed by atoms with Crippen LogP contribution in [0.1, 0.15) is 34.8 Å². The molecule has 0 spiro atoms. The van der Waals surface area contributed by atoms with E-state index >= 15 is 0 Å². The van der Waals surface area contributed by atoms with Gasteiger partial charge in [-0.05, 0) is 66.5 Å². The van der Waals surface area contributed by atoms with Crippen molar-refractivity contribution in [3.05, 3.63) is 77.9 Å². The Morgan fingerprint density at radius 3 is 2.28 bits per heavy atom. The Kier molecular flexibility index (Phi) is 6.47. The van der Waals surface area contributed by atoms with E-state index in [1.165, 1.54) is 24.3 Å². The van der Waals surface area contributed by atoms with Gasteiger partial charge in [-0.3, -0.25) is 19.3 Å². The molecule has 0 unspecified atom stereocenters. The first kappa shape index (κ1) is 21.5. The first-order valence-corrected chi connectivity index (χ1v) is 10.7. The van der Waals surface area contributed by atoms with E-state index < -0.39 is 17.7 Å². The van der Waals surface area contributed by atoms with Crippen LogP contribution in [0.25, 0.3) is 10.8 Å². The molecule has 32 heavy (non-hydrogen) atoms. The summed E-state index contributed by atoms with van der Waals surface area (Å²) in [5, 5.41) is 7.66. The molecule has 1 atom stereocenters. The molecule has 4 rings (SSSR count). The van der Waals surface area contributed by atoms with Crippen LogP contribution in [0.15, 0.2) is 66.7 Å². The maximum absolute atomic E-state index is 12.5. The molecule has 3 aromatic carbocycles. The number of carbonyl (C=O) groups excluding carboxylic acids is 3. The van der Waals surface area contributed by atoms with E-state index in [1.54, 1.807) is 0 Å². The van der Waals surface area contributed by atoms with E-state index in [0.717, 1.165) is 42.3 Å². The zero-order chi connectivity index (χ0) is 22.5. The summed E-state index contributed by atoms with van der Waals surface area (Å²) in [7, 11) is 0. The lowest BCUT2D eigenvalue weighted by molar-refractivity contribution is -0.136. The molecular weight excluding hydrogens is 404 g/mol. The molecule has 7 heteroatoms. The van der Waals surface area contributed by atoms with Crippen LogP contribution in [0, 0.1) is 0 Å². The molecule has 1 fully saturated rings. The Hall–Kier alpha value is -3.71. The van der Waals surface area contributed by atoms with Crippen molar-refractivity contribution in [1.82, 2.24) is 10.2 Å². The third-order valence-electron chi connectivity index (χ3n) is 5.85. The van der Waals surface area contributed by atoms with Gasteiger partial charge in [-0.15, -0.1) is 0 Å². The van der Waals surface area contributed by atoms with Gasteiger partial charge in [0.15, 0.2) is 0 Å². The molecule has 0 aliphatic carbocycles. The number of fused-ring (bicyclic) bond motifs is 1. The number of carbonyl (C=O) groups is 3. The number of hydrogen-bond acceptors (Lipinski definition) is 4. The van der Waals surface area contributed by atoms with E-state index in [1.807, 2.05) is 18.2 Å². The van der Waals surface area contributed by atoms with Crippen molar-refractivity contribution >= 4 is 34.2 Å². The van der Waals surface area contributed by atoms with Crippen LogP contribution in [-0.4, -0.2) is 42.3 Å².